The fourth-order valence-corrected chi connectivity index (χ4v) is 3.54. The number of hydrogen-bond donors (Lipinski definition) is 0. The van der Waals surface area contributed by atoms with Crippen LogP contribution in [0.1, 0.15) is 39.9 Å². The summed E-state index contributed by atoms with van der Waals surface area (Å²) in [7, 11) is 2.02. The number of fused-ring (bicyclic) bond motifs is 1. The van der Waals surface area contributed by atoms with Gasteiger partial charge in [-0.2, -0.15) is 0 Å². The number of imidazole rings is 2. The molecule has 1 amide bonds. The lowest BCUT2D eigenvalue weighted by Crippen LogP contribution is -2.29. The maximum absolute atomic E-state index is 12.8. The van der Waals surface area contributed by atoms with Crippen molar-refractivity contribution >= 4 is 11.6 Å². The van der Waals surface area contributed by atoms with Gasteiger partial charge in [-0.25, -0.2) is 9.97 Å². The van der Waals surface area contributed by atoms with E-state index in [-0.39, 0.29) is 5.91 Å². The molecule has 0 N–H and O–H groups in total. The average molecular weight is 323 g/mol. The van der Waals surface area contributed by atoms with Crippen molar-refractivity contribution in [3.05, 3.63) is 53.5 Å². The largest absolute Gasteiger partial charge is 0.337 e. The second-order valence-corrected chi connectivity index (χ2v) is 6.69. The van der Waals surface area contributed by atoms with Crippen LogP contribution in [0.2, 0.25) is 0 Å². The second-order valence-electron chi connectivity index (χ2n) is 6.69. The molecule has 1 saturated heterocycles. The molecule has 3 aromatic rings. The molecule has 0 aliphatic carbocycles. The van der Waals surface area contributed by atoms with Gasteiger partial charge in [-0.1, -0.05) is 6.07 Å². The first-order chi connectivity index (χ1) is 11.5. The first kappa shape index (κ1) is 14.9. The van der Waals surface area contributed by atoms with Gasteiger partial charge in [0.25, 0.3) is 5.91 Å². The highest BCUT2D eigenvalue weighted by atomic mass is 16.2. The van der Waals surface area contributed by atoms with E-state index in [4.69, 9.17) is 0 Å². The maximum Gasteiger partial charge on any atom is 0.274 e. The number of pyridine rings is 1. The van der Waals surface area contributed by atoms with Gasteiger partial charge >= 0.3 is 0 Å². The molecule has 24 heavy (non-hydrogen) atoms. The van der Waals surface area contributed by atoms with Crippen LogP contribution in [0.4, 0.5) is 0 Å². The first-order valence-electron chi connectivity index (χ1n) is 8.26. The number of aryl methyl sites for hydroxylation is 3. The highest BCUT2D eigenvalue weighted by Gasteiger charge is 2.31. The fraction of sp³-hybridized carbons (Fsp3) is 0.389. The van der Waals surface area contributed by atoms with Crippen LogP contribution in [-0.4, -0.2) is 42.8 Å². The van der Waals surface area contributed by atoms with Crippen LogP contribution in [-0.2, 0) is 7.05 Å². The van der Waals surface area contributed by atoms with E-state index in [1.54, 1.807) is 0 Å². The van der Waals surface area contributed by atoms with E-state index in [0.29, 0.717) is 18.2 Å². The number of aromatic nitrogens is 4. The monoisotopic (exact) mass is 323 g/mol. The molecular weight excluding hydrogens is 302 g/mol. The van der Waals surface area contributed by atoms with Crippen molar-refractivity contribution in [1.29, 1.82) is 0 Å². The SMILES string of the molecule is Cc1ccc2nc(C(=O)N3CCC(c4nc(C)cn4C)C3)cn2c1. The number of likely N-dealkylation sites (tertiary alicyclic amines) is 1. The molecule has 6 heteroatoms. The molecule has 0 bridgehead atoms. The van der Waals surface area contributed by atoms with Gasteiger partial charge in [0.05, 0.1) is 5.69 Å². The van der Waals surface area contributed by atoms with E-state index < -0.39 is 0 Å². The predicted octanol–water partition coefficient (Wildman–Crippen LogP) is 2.31. The predicted molar refractivity (Wildman–Crippen MR) is 91.1 cm³/mol. The standard InChI is InChI=1S/C18H21N5O/c1-12-4-5-16-20-15(11-23(16)8-12)18(24)22-7-6-14(10-22)17-19-13(2)9-21(17)3/h4-5,8-9,11,14H,6-7,10H2,1-3H3. The molecule has 1 fully saturated rings. The van der Waals surface area contributed by atoms with Crippen molar-refractivity contribution in [2.24, 2.45) is 7.05 Å². The third-order valence-electron chi connectivity index (χ3n) is 4.69. The highest BCUT2D eigenvalue weighted by molar-refractivity contribution is 5.93. The molecule has 0 saturated carbocycles. The van der Waals surface area contributed by atoms with Crippen LogP contribution in [0.5, 0.6) is 0 Å². The molecule has 4 rings (SSSR count). The minimum atomic E-state index is 0.00443. The Hall–Kier alpha value is -2.63. The molecule has 0 aromatic carbocycles. The number of rotatable bonds is 2. The van der Waals surface area contributed by atoms with Crippen LogP contribution >= 0.6 is 0 Å². The van der Waals surface area contributed by atoms with Crippen molar-refractivity contribution in [2.45, 2.75) is 26.2 Å². The van der Waals surface area contributed by atoms with E-state index in [1.165, 1.54) is 0 Å². The van der Waals surface area contributed by atoms with Crippen molar-refractivity contribution in [3.63, 3.8) is 0 Å². The van der Waals surface area contributed by atoms with E-state index >= 15 is 0 Å². The highest BCUT2D eigenvalue weighted by Crippen LogP contribution is 2.27. The Morgan fingerprint density at radius 2 is 2.00 bits per heavy atom. The van der Waals surface area contributed by atoms with Crippen LogP contribution in [0.15, 0.2) is 30.7 Å². The van der Waals surface area contributed by atoms with E-state index in [0.717, 1.165) is 35.7 Å². The molecular formula is C18H21N5O. The van der Waals surface area contributed by atoms with Gasteiger partial charge in [0.15, 0.2) is 0 Å². The lowest BCUT2D eigenvalue weighted by Gasteiger charge is -2.15. The summed E-state index contributed by atoms with van der Waals surface area (Å²) in [6, 6.07) is 3.95. The number of carbonyl (C=O) groups is 1. The Bertz CT molecular complexity index is 923. The smallest absolute Gasteiger partial charge is 0.274 e. The van der Waals surface area contributed by atoms with E-state index in [1.807, 2.05) is 60.9 Å². The van der Waals surface area contributed by atoms with E-state index in [2.05, 4.69) is 14.5 Å². The Balaban J connectivity index is 1.55. The Morgan fingerprint density at radius 3 is 2.75 bits per heavy atom. The summed E-state index contributed by atoms with van der Waals surface area (Å²) in [6.45, 7) is 5.49. The topological polar surface area (TPSA) is 55.4 Å². The molecule has 124 valence electrons. The van der Waals surface area contributed by atoms with E-state index in [9.17, 15) is 4.79 Å². The maximum atomic E-state index is 12.8. The Morgan fingerprint density at radius 1 is 1.17 bits per heavy atom. The molecule has 1 aliphatic heterocycles. The van der Waals surface area contributed by atoms with Crippen LogP contribution in [0, 0.1) is 13.8 Å². The summed E-state index contributed by atoms with van der Waals surface area (Å²) in [5, 5.41) is 0. The van der Waals surface area contributed by atoms with Gasteiger partial charge in [0, 0.05) is 44.6 Å². The molecule has 0 spiro atoms. The summed E-state index contributed by atoms with van der Waals surface area (Å²) < 4.78 is 3.99. The zero-order valence-electron chi connectivity index (χ0n) is 14.2. The lowest BCUT2D eigenvalue weighted by atomic mass is 10.1. The molecule has 1 aliphatic rings. The fourth-order valence-electron chi connectivity index (χ4n) is 3.54. The van der Waals surface area contributed by atoms with Gasteiger partial charge in [-0.05, 0) is 31.9 Å². The number of amides is 1. The van der Waals surface area contributed by atoms with Crippen LogP contribution in [0.25, 0.3) is 5.65 Å². The van der Waals surface area contributed by atoms with Crippen LogP contribution < -0.4 is 0 Å². The number of nitrogens with zero attached hydrogens (tertiary/aromatic N) is 5. The van der Waals surface area contributed by atoms with Gasteiger partial charge < -0.3 is 13.9 Å². The summed E-state index contributed by atoms with van der Waals surface area (Å²) in [5.41, 5.74) is 3.48. The van der Waals surface area contributed by atoms with Crippen molar-refractivity contribution in [1.82, 2.24) is 23.8 Å². The van der Waals surface area contributed by atoms with Gasteiger partial charge in [-0.3, -0.25) is 4.79 Å². The average Bonchev–Trinajstić information content (AvgIpc) is 3.24. The number of carbonyl (C=O) groups excluding carboxylic acids is 1. The summed E-state index contributed by atoms with van der Waals surface area (Å²) in [6.07, 6.45) is 6.79. The Labute approximate surface area is 140 Å². The minimum absolute atomic E-state index is 0.00443. The van der Waals surface area contributed by atoms with Crippen LogP contribution in [0.3, 0.4) is 0 Å². The second kappa shape index (κ2) is 5.47. The third kappa shape index (κ3) is 2.48. The van der Waals surface area contributed by atoms with Crippen molar-refractivity contribution < 1.29 is 4.79 Å². The summed E-state index contributed by atoms with van der Waals surface area (Å²) in [5.74, 6) is 1.37. The van der Waals surface area contributed by atoms with Crippen molar-refractivity contribution in [3.8, 4) is 0 Å². The summed E-state index contributed by atoms with van der Waals surface area (Å²) >= 11 is 0. The molecule has 6 nitrogen and oxygen atoms in total. The number of hydrogen-bond acceptors (Lipinski definition) is 3. The molecule has 1 atom stereocenters. The molecule has 1 unspecified atom stereocenters. The lowest BCUT2D eigenvalue weighted by molar-refractivity contribution is 0.0785. The normalized spacial score (nSPS) is 17.8. The zero-order valence-corrected chi connectivity index (χ0v) is 14.2. The van der Waals surface area contributed by atoms with Gasteiger partial charge in [0.2, 0.25) is 0 Å². The minimum Gasteiger partial charge on any atom is -0.337 e. The molecule has 0 radical (unpaired) electrons. The van der Waals surface area contributed by atoms with Gasteiger partial charge in [0.1, 0.15) is 17.2 Å². The first-order valence-corrected chi connectivity index (χ1v) is 8.26. The summed E-state index contributed by atoms with van der Waals surface area (Å²) in [4.78, 5) is 23.8. The van der Waals surface area contributed by atoms with Crippen molar-refractivity contribution in [2.75, 3.05) is 13.1 Å². The molecule has 3 aromatic heterocycles. The molecule has 4 heterocycles. The van der Waals surface area contributed by atoms with Gasteiger partial charge in [-0.15, -0.1) is 0 Å². The quantitative estimate of drug-likeness (QED) is 0.727. The zero-order chi connectivity index (χ0) is 16.8. The third-order valence-corrected chi connectivity index (χ3v) is 4.69. The Kier molecular flexibility index (Phi) is 3.40.